The molecule has 1 atom stereocenters. The highest BCUT2D eigenvalue weighted by Crippen LogP contribution is 2.27. The van der Waals surface area contributed by atoms with Gasteiger partial charge in [-0.1, -0.05) is 24.6 Å². The summed E-state index contributed by atoms with van der Waals surface area (Å²) >= 11 is 6.26. The number of anilines is 3. The Morgan fingerprint density at radius 2 is 2.07 bits per heavy atom. The summed E-state index contributed by atoms with van der Waals surface area (Å²) in [6.07, 6.45) is 1.12. The number of benzene rings is 1. The molecule has 10 nitrogen and oxygen atoms in total. The van der Waals surface area contributed by atoms with Crippen molar-refractivity contribution in [2.24, 2.45) is 5.73 Å². The molecule has 1 aromatic carbocycles. The Bertz CT molecular complexity index is 1190. The molecule has 0 aliphatic carbocycles. The van der Waals surface area contributed by atoms with E-state index in [0.717, 1.165) is 0 Å². The van der Waals surface area contributed by atoms with Crippen molar-refractivity contribution in [2.45, 2.75) is 32.4 Å². The van der Waals surface area contributed by atoms with Crippen LogP contribution in [0.1, 0.15) is 37.2 Å². The second-order valence-electron chi connectivity index (χ2n) is 6.61. The Hall–Kier alpha value is -3.42. The number of hydrogen-bond acceptors (Lipinski definition) is 9. The number of fused-ring (bicyclic) bond motifs is 1. The van der Waals surface area contributed by atoms with E-state index in [1.165, 1.54) is 0 Å². The molecule has 0 unspecified atom stereocenters. The topological polar surface area (TPSA) is 175 Å². The molecular formula is C19H22ClN9O. The van der Waals surface area contributed by atoms with Gasteiger partial charge in [-0.15, -0.1) is 0 Å². The first kappa shape index (κ1) is 21.3. The lowest BCUT2D eigenvalue weighted by molar-refractivity contribution is 0.550. The lowest BCUT2D eigenvalue weighted by Gasteiger charge is -2.22. The van der Waals surface area contributed by atoms with E-state index in [-0.39, 0.29) is 28.7 Å². The lowest BCUT2D eigenvalue weighted by Crippen LogP contribution is -2.30. The van der Waals surface area contributed by atoms with Crippen molar-refractivity contribution in [1.82, 2.24) is 19.5 Å². The average Bonchev–Trinajstić information content (AvgIpc) is 2.71. The Balaban J connectivity index is 2.18. The molecule has 2 heterocycles. The number of halogens is 1. The molecule has 156 valence electrons. The predicted octanol–water partition coefficient (Wildman–Crippen LogP) is 1.79. The number of nitrogens with two attached hydrogens (primary N) is 3. The van der Waals surface area contributed by atoms with Crippen LogP contribution >= 0.6 is 11.6 Å². The third-order valence-electron chi connectivity index (χ3n) is 4.65. The molecule has 0 saturated heterocycles. The van der Waals surface area contributed by atoms with E-state index in [0.29, 0.717) is 47.7 Å². The van der Waals surface area contributed by atoms with Crippen molar-refractivity contribution < 1.29 is 0 Å². The van der Waals surface area contributed by atoms with Crippen molar-refractivity contribution in [3.8, 4) is 6.07 Å². The van der Waals surface area contributed by atoms with Gasteiger partial charge in [-0.25, -0.2) is 4.98 Å². The van der Waals surface area contributed by atoms with E-state index >= 15 is 0 Å². The summed E-state index contributed by atoms with van der Waals surface area (Å²) in [5.74, 6) is 0.564. The summed E-state index contributed by atoms with van der Waals surface area (Å²) in [7, 11) is 0. The van der Waals surface area contributed by atoms with E-state index in [4.69, 9.17) is 33.8 Å². The molecule has 0 spiro atoms. The molecule has 3 rings (SSSR count). The first-order valence-electron chi connectivity index (χ1n) is 9.39. The highest BCUT2D eigenvalue weighted by molar-refractivity contribution is 6.35. The molecule has 0 radical (unpaired) electrons. The van der Waals surface area contributed by atoms with Crippen LogP contribution in [0.4, 0.5) is 17.6 Å². The fraction of sp³-hybridized carbons (Fsp3) is 0.316. The number of nitrogens with zero attached hydrogens (tertiary/aromatic N) is 5. The van der Waals surface area contributed by atoms with Crippen LogP contribution in [-0.2, 0) is 6.54 Å². The van der Waals surface area contributed by atoms with Gasteiger partial charge in [-0.3, -0.25) is 9.36 Å². The van der Waals surface area contributed by atoms with Crippen LogP contribution in [-0.4, -0.2) is 26.1 Å². The fourth-order valence-corrected chi connectivity index (χ4v) is 3.45. The number of nitrogen functional groups attached to an aromatic ring is 2. The molecule has 11 heteroatoms. The maximum absolute atomic E-state index is 13.2. The number of rotatable bonds is 7. The second-order valence-corrected chi connectivity index (χ2v) is 7.02. The molecule has 3 aromatic rings. The Morgan fingerprint density at radius 1 is 1.30 bits per heavy atom. The maximum Gasteiger partial charge on any atom is 0.262 e. The Morgan fingerprint density at radius 3 is 2.73 bits per heavy atom. The smallest absolute Gasteiger partial charge is 0.262 e. The van der Waals surface area contributed by atoms with Gasteiger partial charge in [-0.05, 0) is 31.5 Å². The largest absolute Gasteiger partial charge is 0.382 e. The highest BCUT2D eigenvalue weighted by Gasteiger charge is 2.22. The van der Waals surface area contributed by atoms with Crippen LogP contribution < -0.4 is 28.1 Å². The van der Waals surface area contributed by atoms with E-state index < -0.39 is 6.04 Å². The number of hydrogen-bond donors (Lipinski definition) is 4. The Kier molecular flexibility index (Phi) is 6.34. The standard InChI is InChI=1S/C19H22ClN9O/c1-2-12(25-16-10(9-22)15(23)27-19(24)28-16)17-26-13-6-3-5-11(20)14(13)18(30)29(17)8-4-7-21/h3,5-6,12H,2,4,7-8,21H2,1H3,(H5,23,24,25,27,28)/t12-/m0/s1. The minimum Gasteiger partial charge on any atom is -0.382 e. The third kappa shape index (κ3) is 3.98. The molecule has 0 bridgehead atoms. The van der Waals surface area contributed by atoms with Gasteiger partial charge in [0.2, 0.25) is 5.95 Å². The van der Waals surface area contributed by atoms with E-state index in [9.17, 15) is 10.1 Å². The van der Waals surface area contributed by atoms with Crippen molar-refractivity contribution in [2.75, 3.05) is 23.3 Å². The van der Waals surface area contributed by atoms with Crippen LogP contribution in [0, 0.1) is 11.3 Å². The van der Waals surface area contributed by atoms with E-state index in [1.54, 1.807) is 22.8 Å². The molecule has 7 N–H and O–H groups in total. The number of aromatic nitrogens is 4. The highest BCUT2D eigenvalue weighted by atomic mass is 35.5. The zero-order chi connectivity index (χ0) is 21.8. The molecule has 0 saturated carbocycles. The van der Waals surface area contributed by atoms with Gasteiger partial charge in [0.25, 0.3) is 5.56 Å². The van der Waals surface area contributed by atoms with Gasteiger partial charge in [-0.2, -0.15) is 15.2 Å². The first-order chi connectivity index (χ1) is 14.4. The summed E-state index contributed by atoms with van der Waals surface area (Å²) in [4.78, 5) is 25.9. The fourth-order valence-electron chi connectivity index (χ4n) is 3.20. The zero-order valence-corrected chi connectivity index (χ0v) is 17.1. The molecule has 0 fully saturated rings. The summed E-state index contributed by atoms with van der Waals surface area (Å²) in [5.41, 5.74) is 17.5. The van der Waals surface area contributed by atoms with Gasteiger partial charge in [0.15, 0.2) is 5.82 Å². The first-order valence-corrected chi connectivity index (χ1v) is 9.77. The number of nitrogens with one attached hydrogen (secondary N) is 1. The minimum absolute atomic E-state index is 0.0267. The van der Waals surface area contributed by atoms with Crippen molar-refractivity contribution in [3.63, 3.8) is 0 Å². The molecule has 0 aliphatic heterocycles. The zero-order valence-electron chi connectivity index (χ0n) is 16.4. The SMILES string of the molecule is CC[C@H](Nc1nc(N)nc(N)c1C#N)c1nc2cccc(Cl)c2c(=O)n1CCCN. The van der Waals surface area contributed by atoms with Crippen molar-refractivity contribution in [1.29, 1.82) is 5.26 Å². The van der Waals surface area contributed by atoms with Crippen LogP contribution in [0.3, 0.4) is 0 Å². The van der Waals surface area contributed by atoms with E-state index in [2.05, 4.69) is 15.3 Å². The maximum atomic E-state index is 13.2. The van der Waals surface area contributed by atoms with Crippen LogP contribution in [0.2, 0.25) is 5.02 Å². The number of nitriles is 1. The monoisotopic (exact) mass is 427 g/mol. The van der Waals surface area contributed by atoms with Gasteiger partial charge in [0.05, 0.1) is 22.0 Å². The van der Waals surface area contributed by atoms with Crippen molar-refractivity contribution >= 4 is 40.1 Å². The van der Waals surface area contributed by atoms with Gasteiger partial charge in [0, 0.05) is 6.54 Å². The molecule has 30 heavy (non-hydrogen) atoms. The van der Waals surface area contributed by atoms with Gasteiger partial charge >= 0.3 is 0 Å². The summed E-state index contributed by atoms with van der Waals surface area (Å²) in [5, 5.41) is 13.3. The normalized spacial score (nSPS) is 11.9. The second kappa shape index (κ2) is 8.94. The third-order valence-corrected chi connectivity index (χ3v) is 4.96. The predicted molar refractivity (Wildman–Crippen MR) is 117 cm³/mol. The summed E-state index contributed by atoms with van der Waals surface area (Å²) < 4.78 is 1.56. The minimum atomic E-state index is -0.459. The van der Waals surface area contributed by atoms with Gasteiger partial charge in [0.1, 0.15) is 23.3 Å². The van der Waals surface area contributed by atoms with Crippen LogP contribution in [0.5, 0.6) is 0 Å². The summed E-state index contributed by atoms with van der Waals surface area (Å²) in [6, 6.07) is 6.64. The van der Waals surface area contributed by atoms with Crippen LogP contribution in [0.25, 0.3) is 10.9 Å². The van der Waals surface area contributed by atoms with Crippen LogP contribution in [0.15, 0.2) is 23.0 Å². The van der Waals surface area contributed by atoms with E-state index in [1.807, 2.05) is 13.0 Å². The summed E-state index contributed by atoms with van der Waals surface area (Å²) in [6.45, 7) is 2.70. The van der Waals surface area contributed by atoms with Crippen molar-refractivity contribution in [3.05, 3.63) is 45.0 Å². The average molecular weight is 428 g/mol. The molecule has 0 aliphatic rings. The molecular weight excluding hydrogens is 406 g/mol. The lowest BCUT2D eigenvalue weighted by atomic mass is 10.1. The molecule has 0 amide bonds. The quantitative estimate of drug-likeness (QED) is 0.437. The molecule has 2 aromatic heterocycles. The van der Waals surface area contributed by atoms with Gasteiger partial charge < -0.3 is 22.5 Å². The Labute approximate surface area is 177 Å².